The zero-order valence-electron chi connectivity index (χ0n) is 13.1. The van der Waals surface area contributed by atoms with E-state index in [4.69, 9.17) is 5.26 Å². The van der Waals surface area contributed by atoms with Crippen LogP contribution in [0.15, 0.2) is 30.4 Å². The first kappa shape index (κ1) is 16.3. The van der Waals surface area contributed by atoms with Crippen molar-refractivity contribution in [2.24, 2.45) is 11.8 Å². The Labute approximate surface area is 132 Å². The summed E-state index contributed by atoms with van der Waals surface area (Å²) < 4.78 is 13.4. The molecule has 0 radical (unpaired) electrons. The average Bonchev–Trinajstić information content (AvgIpc) is 2.53. The smallest absolute Gasteiger partial charge is 0.142 e. The van der Waals surface area contributed by atoms with E-state index in [-0.39, 0.29) is 5.56 Å². The van der Waals surface area contributed by atoms with Crippen molar-refractivity contribution >= 4 is 0 Å². The summed E-state index contributed by atoms with van der Waals surface area (Å²) in [7, 11) is 0. The lowest BCUT2D eigenvalue weighted by Crippen LogP contribution is -2.12. The Morgan fingerprint density at radius 3 is 2.68 bits per heavy atom. The summed E-state index contributed by atoms with van der Waals surface area (Å²) in [6, 6.07) is 6.27. The minimum Gasteiger partial charge on any atom is -0.206 e. The van der Waals surface area contributed by atoms with Gasteiger partial charge in [0.1, 0.15) is 11.9 Å². The predicted molar refractivity (Wildman–Crippen MR) is 87.5 cm³/mol. The van der Waals surface area contributed by atoms with E-state index in [2.05, 4.69) is 24.8 Å². The van der Waals surface area contributed by atoms with Crippen molar-refractivity contribution < 1.29 is 4.39 Å². The van der Waals surface area contributed by atoms with Gasteiger partial charge in [0.25, 0.3) is 0 Å². The first-order valence-corrected chi connectivity index (χ1v) is 8.10. The molecule has 0 bridgehead atoms. The summed E-state index contributed by atoms with van der Waals surface area (Å²) in [5.41, 5.74) is 0.665. The Morgan fingerprint density at radius 2 is 2.05 bits per heavy atom. The molecule has 1 nitrogen and oxygen atoms in total. The molecule has 0 aromatic heterocycles. The van der Waals surface area contributed by atoms with Gasteiger partial charge in [0, 0.05) is 5.56 Å². The monoisotopic (exact) mass is 295 g/mol. The third kappa shape index (κ3) is 4.74. The van der Waals surface area contributed by atoms with Crippen molar-refractivity contribution in [3.05, 3.63) is 47.3 Å². The highest BCUT2D eigenvalue weighted by atomic mass is 19.1. The van der Waals surface area contributed by atoms with Gasteiger partial charge in [-0.3, -0.25) is 0 Å². The molecule has 1 aromatic rings. The minimum absolute atomic E-state index is 0.0601. The molecule has 0 unspecified atom stereocenters. The molecule has 1 aliphatic carbocycles. The van der Waals surface area contributed by atoms with Crippen LogP contribution in [0.4, 0.5) is 4.39 Å². The largest absolute Gasteiger partial charge is 0.206 e. The van der Waals surface area contributed by atoms with E-state index in [1.807, 2.05) is 12.1 Å². The van der Waals surface area contributed by atoms with Crippen LogP contribution in [0.2, 0.25) is 0 Å². The van der Waals surface area contributed by atoms with Crippen LogP contribution in [0, 0.1) is 40.8 Å². The van der Waals surface area contributed by atoms with E-state index >= 15 is 0 Å². The highest BCUT2D eigenvalue weighted by Crippen LogP contribution is 2.31. The van der Waals surface area contributed by atoms with Gasteiger partial charge in [-0.15, -0.1) is 0 Å². The molecule has 2 heteroatoms. The maximum Gasteiger partial charge on any atom is 0.142 e. The molecule has 114 valence electrons. The number of nitrogens with zero attached hydrogens (tertiary/aromatic N) is 1. The van der Waals surface area contributed by atoms with Gasteiger partial charge in [-0.05, 0) is 61.8 Å². The van der Waals surface area contributed by atoms with E-state index in [0.29, 0.717) is 11.5 Å². The highest BCUT2D eigenvalue weighted by Gasteiger charge is 2.18. The highest BCUT2D eigenvalue weighted by molar-refractivity contribution is 5.42. The number of rotatable bonds is 3. The lowest BCUT2D eigenvalue weighted by molar-refractivity contribution is 0.294. The van der Waals surface area contributed by atoms with Gasteiger partial charge in [0.15, 0.2) is 0 Å². The molecule has 0 heterocycles. The minimum atomic E-state index is -0.507. The normalized spacial score (nSPS) is 21.1. The molecule has 0 aliphatic heterocycles. The topological polar surface area (TPSA) is 23.8 Å². The molecular weight excluding hydrogens is 273 g/mol. The fraction of sp³-hybridized carbons (Fsp3) is 0.450. The third-order valence-electron chi connectivity index (χ3n) is 4.35. The van der Waals surface area contributed by atoms with Crippen molar-refractivity contribution in [3.63, 3.8) is 0 Å². The molecule has 1 aliphatic rings. The van der Waals surface area contributed by atoms with Crippen LogP contribution in [-0.2, 0) is 0 Å². The number of hydrogen-bond acceptors (Lipinski definition) is 1. The number of nitriles is 1. The zero-order chi connectivity index (χ0) is 15.8. The van der Waals surface area contributed by atoms with Crippen LogP contribution in [0.5, 0.6) is 0 Å². The second-order valence-corrected chi connectivity index (χ2v) is 6.00. The maximum absolute atomic E-state index is 13.4. The first-order chi connectivity index (χ1) is 10.7. The summed E-state index contributed by atoms with van der Waals surface area (Å²) in [6.07, 6.45) is 11.9. The number of halogens is 1. The molecule has 0 saturated heterocycles. The van der Waals surface area contributed by atoms with Gasteiger partial charge < -0.3 is 0 Å². The Hall–Kier alpha value is -2.06. The molecule has 0 N–H and O–H groups in total. The standard InChI is InChI=1S/C20H22FN/c1-2-5-16-8-10-17(11-9-16)6-3-4-7-18-12-13-19(15-22)20(21)14-18/h3,6,12-14,16-17H,2,5,8-11H2,1H3/t16-,17-. The van der Waals surface area contributed by atoms with Gasteiger partial charge in [-0.1, -0.05) is 37.7 Å². The number of hydrogen-bond donors (Lipinski definition) is 0. The molecule has 0 spiro atoms. The first-order valence-electron chi connectivity index (χ1n) is 8.10. The quantitative estimate of drug-likeness (QED) is 0.702. The van der Waals surface area contributed by atoms with Crippen LogP contribution < -0.4 is 0 Å². The summed E-state index contributed by atoms with van der Waals surface area (Å²) in [5, 5.41) is 8.68. The van der Waals surface area contributed by atoms with E-state index in [1.54, 1.807) is 6.07 Å². The Bertz CT molecular complexity index is 619. The molecule has 0 amide bonds. The SMILES string of the molecule is CCC[C@H]1CC[C@H](C=CC#Cc2ccc(C#N)c(F)c2)CC1. The summed E-state index contributed by atoms with van der Waals surface area (Å²) >= 11 is 0. The number of benzene rings is 1. The molecule has 1 aromatic carbocycles. The summed E-state index contributed by atoms with van der Waals surface area (Å²) in [4.78, 5) is 0. The zero-order valence-corrected chi connectivity index (χ0v) is 13.1. The molecule has 0 atom stereocenters. The fourth-order valence-electron chi connectivity index (χ4n) is 3.07. The lowest BCUT2D eigenvalue weighted by Gasteiger charge is -2.26. The summed E-state index contributed by atoms with van der Waals surface area (Å²) in [5.74, 6) is 6.94. The number of allylic oxidation sites excluding steroid dienone is 2. The predicted octanol–water partition coefficient (Wildman–Crippen LogP) is 5.21. The third-order valence-corrected chi connectivity index (χ3v) is 4.35. The Balaban J connectivity index is 1.86. The summed E-state index contributed by atoms with van der Waals surface area (Å²) in [6.45, 7) is 2.26. The second-order valence-electron chi connectivity index (χ2n) is 6.00. The molecular formula is C20H22FN. The average molecular weight is 295 g/mol. The molecule has 1 saturated carbocycles. The van der Waals surface area contributed by atoms with Crippen molar-refractivity contribution in [1.29, 1.82) is 5.26 Å². The van der Waals surface area contributed by atoms with E-state index in [0.717, 1.165) is 5.92 Å². The van der Waals surface area contributed by atoms with Gasteiger partial charge in [-0.25, -0.2) is 4.39 Å². The van der Waals surface area contributed by atoms with Crippen molar-refractivity contribution in [1.82, 2.24) is 0 Å². The van der Waals surface area contributed by atoms with Crippen LogP contribution in [0.3, 0.4) is 0 Å². The van der Waals surface area contributed by atoms with Gasteiger partial charge >= 0.3 is 0 Å². The molecule has 22 heavy (non-hydrogen) atoms. The van der Waals surface area contributed by atoms with Crippen molar-refractivity contribution in [2.75, 3.05) is 0 Å². The van der Waals surface area contributed by atoms with Crippen LogP contribution >= 0.6 is 0 Å². The lowest BCUT2D eigenvalue weighted by atomic mass is 9.80. The van der Waals surface area contributed by atoms with Gasteiger partial charge in [0.2, 0.25) is 0 Å². The van der Waals surface area contributed by atoms with Crippen LogP contribution in [0.1, 0.15) is 56.6 Å². The van der Waals surface area contributed by atoms with E-state index < -0.39 is 5.82 Å². The Kier molecular flexibility index (Phi) is 6.23. The second kappa shape index (κ2) is 8.40. The molecule has 2 rings (SSSR count). The van der Waals surface area contributed by atoms with Gasteiger partial charge in [-0.2, -0.15) is 5.26 Å². The van der Waals surface area contributed by atoms with Crippen molar-refractivity contribution in [2.45, 2.75) is 45.4 Å². The fourth-order valence-corrected chi connectivity index (χ4v) is 3.07. The van der Waals surface area contributed by atoms with Crippen LogP contribution in [0.25, 0.3) is 0 Å². The van der Waals surface area contributed by atoms with Gasteiger partial charge in [0.05, 0.1) is 5.56 Å². The maximum atomic E-state index is 13.4. The molecule has 1 fully saturated rings. The van der Waals surface area contributed by atoms with Crippen LogP contribution in [-0.4, -0.2) is 0 Å². The van der Waals surface area contributed by atoms with Crippen molar-refractivity contribution in [3.8, 4) is 17.9 Å². The Morgan fingerprint density at radius 1 is 1.27 bits per heavy atom. The van der Waals surface area contributed by atoms with E-state index in [1.165, 1.54) is 50.7 Å². The van der Waals surface area contributed by atoms with E-state index in [9.17, 15) is 4.39 Å².